The Kier molecular flexibility index (Phi) is 6.07. The fourth-order valence-electron chi connectivity index (χ4n) is 2.55. The predicted molar refractivity (Wildman–Crippen MR) is 100 cm³/mol. The molecule has 0 spiro atoms. The van der Waals surface area contributed by atoms with Crippen LogP contribution in [0.15, 0.2) is 39.8 Å². The van der Waals surface area contributed by atoms with Gasteiger partial charge in [0.15, 0.2) is 0 Å². The highest BCUT2D eigenvalue weighted by Crippen LogP contribution is 2.31. The standard InChI is InChI=1S/C21H26O4/c1-13(2)7-6-8-14(3)9-10-24-21(23)19-12-17-11-18(22)15(4)16(5)20(17)25-19/h7,9,11-12,22H,6,8,10H2,1-5H3. The Balaban J connectivity index is 2.01. The van der Waals surface area contributed by atoms with E-state index in [0.29, 0.717) is 11.0 Å². The highest BCUT2D eigenvalue weighted by Gasteiger charge is 2.17. The largest absolute Gasteiger partial charge is 0.508 e. The Morgan fingerprint density at radius 1 is 1.16 bits per heavy atom. The maximum absolute atomic E-state index is 12.2. The Bertz CT molecular complexity index is 833. The molecule has 4 heteroatoms. The molecule has 0 unspecified atom stereocenters. The number of phenolic OH excluding ortho intramolecular Hbond substituents is 1. The van der Waals surface area contributed by atoms with Gasteiger partial charge in [-0.15, -0.1) is 0 Å². The Hall–Kier alpha value is -2.49. The molecule has 2 aromatic rings. The molecule has 0 atom stereocenters. The van der Waals surface area contributed by atoms with Crippen molar-refractivity contribution in [3.05, 3.63) is 52.3 Å². The van der Waals surface area contributed by atoms with E-state index in [9.17, 15) is 9.90 Å². The van der Waals surface area contributed by atoms with Crippen LogP contribution >= 0.6 is 0 Å². The molecule has 134 valence electrons. The van der Waals surface area contributed by atoms with Crippen molar-refractivity contribution in [2.75, 3.05) is 6.61 Å². The number of carbonyl (C=O) groups is 1. The minimum atomic E-state index is -0.499. The molecule has 0 fully saturated rings. The van der Waals surface area contributed by atoms with Crippen molar-refractivity contribution in [2.45, 2.75) is 47.5 Å². The third-order valence-electron chi connectivity index (χ3n) is 4.28. The van der Waals surface area contributed by atoms with Gasteiger partial charge in [-0.05, 0) is 76.8 Å². The van der Waals surface area contributed by atoms with Gasteiger partial charge >= 0.3 is 5.97 Å². The number of ether oxygens (including phenoxy) is 1. The number of carbonyl (C=O) groups excluding carboxylic acids is 1. The first kappa shape index (κ1) is 18.8. The van der Waals surface area contributed by atoms with E-state index in [2.05, 4.69) is 19.9 Å². The van der Waals surface area contributed by atoms with Crippen molar-refractivity contribution < 1.29 is 19.1 Å². The molecule has 1 heterocycles. The lowest BCUT2D eigenvalue weighted by Crippen LogP contribution is -2.04. The average molecular weight is 342 g/mol. The number of furan rings is 1. The van der Waals surface area contributed by atoms with Gasteiger partial charge in [-0.2, -0.15) is 0 Å². The summed E-state index contributed by atoms with van der Waals surface area (Å²) in [6.07, 6.45) is 6.05. The minimum absolute atomic E-state index is 0.152. The first-order valence-corrected chi connectivity index (χ1v) is 8.48. The van der Waals surface area contributed by atoms with Crippen molar-refractivity contribution in [1.82, 2.24) is 0 Å². The number of hydrogen-bond acceptors (Lipinski definition) is 4. The zero-order chi connectivity index (χ0) is 18.6. The van der Waals surface area contributed by atoms with Crippen LogP contribution < -0.4 is 0 Å². The van der Waals surface area contributed by atoms with Crippen LogP contribution in [-0.4, -0.2) is 17.7 Å². The number of benzene rings is 1. The maximum atomic E-state index is 12.2. The summed E-state index contributed by atoms with van der Waals surface area (Å²) in [4.78, 5) is 12.2. The van der Waals surface area contributed by atoms with Gasteiger partial charge in [-0.1, -0.05) is 17.2 Å². The summed E-state index contributed by atoms with van der Waals surface area (Å²) < 4.78 is 10.9. The zero-order valence-corrected chi connectivity index (χ0v) is 15.6. The second-order valence-corrected chi connectivity index (χ2v) is 6.64. The summed E-state index contributed by atoms with van der Waals surface area (Å²) in [6, 6.07) is 3.21. The van der Waals surface area contributed by atoms with E-state index in [1.807, 2.05) is 26.8 Å². The van der Waals surface area contributed by atoms with Gasteiger partial charge in [0, 0.05) is 5.39 Å². The number of aryl methyl sites for hydroxylation is 1. The van der Waals surface area contributed by atoms with Gasteiger partial charge in [-0.3, -0.25) is 0 Å². The van der Waals surface area contributed by atoms with Gasteiger partial charge in [0.1, 0.15) is 17.9 Å². The lowest BCUT2D eigenvalue weighted by molar-refractivity contribution is 0.0515. The van der Waals surface area contributed by atoms with E-state index in [-0.39, 0.29) is 18.1 Å². The highest BCUT2D eigenvalue weighted by molar-refractivity contribution is 5.94. The van der Waals surface area contributed by atoms with E-state index in [4.69, 9.17) is 9.15 Å². The SMILES string of the molecule is CC(C)=CCCC(C)=CCOC(=O)c1cc2cc(O)c(C)c(C)c2o1. The number of phenols is 1. The molecule has 25 heavy (non-hydrogen) atoms. The molecule has 1 N–H and O–H groups in total. The third-order valence-corrected chi connectivity index (χ3v) is 4.28. The first-order valence-electron chi connectivity index (χ1n) is 8.48. The quantitative estimate of drug-likeness (QED) is 0.548. The maximum Gasteiger partial charge on any atom is 0.374 e. The van der Waals surface area contributed by atoms with E-state index in [1.54, 1.807) is 12.1 Å². The summed E-state index contributed by atoms with van der Waals surface area (Å²) in [5, 5.41) is 10.6. The molecule has 1 aromatic carbocycles. The molecule has 4 nitrogen and oxygen atoms in total. The lowest BCUT2D eigenvalue weighted by atomic mass is 10.1. The molecule has 0 saturated carbocycles. The van der Waals surface area contributed by atoms with Gasteiger partial charge < -0.3 is 14.3 Å². The number of fused-ring (bicyclic) bond motifs is 1. The smallest absolute Gasteiger partial charge is 0.374 e. The minimum Gasteiger partial charge on any atom is -0.508 e. The third kappa shape index (κ3) is 4.75. The molecule has 0 saturated heterocycles. The molecule has 0 aliphatic carbocycles. The van der Waals surface area contributed by atoms with E-state index in [1.165, 1.54) is 11.1 Å². The number of esters is 1. The Labute approximate surface area is 148 Å². The van der Waals surface area contributed by atoms with Crippen LogP contribution in [-0.2, 0) is 4.74 Å². The van der Waals surface area contributed by atoms with Crippen LogP contribution in [0.5, 0.6) is 5.75 Å². The molecule has 0 radical (unpaired) electrons. The molecule has 2 rings (SSSR count). The second kappa shape index (κ2) is 8.06. The van der Waals surface area contributed by atoms with Crippen LogP contribution in [0.1, 0.15) is 55.3 Å². The fourth-order valence-corrected chi connectivity index (χ4v) is 2.55. The molecule has 0 aliphatic rings. The lowest BCUT2D eigenvalue weighted by Gasteiger charge is -2.03. The van der Waals surface area contributed by atoms with Gasteiger partial charge in [-0.25, -0.2) is 4.79 Å². The van der Waals surface area contributed by atoms with Crippen LogP contribution in [0, 0.1) is 13.8 Å². The molecule has 0 aliphatic heterocycles. The number of hydrogen-bond donors (Lipinski definition) is 1. The summed E-state index contributed by atoms with van der Waals surface area (Å²) in [7, 11) is 0. The van der Waals surface area contributed by atoms with Crippen LogP contribution in [0.25, 0.3) is 11.0 Å². The van der Waals surface area contributed by atoms with E-state index >= 15 is 0 Å². The zero-order valence-electron chi connectivity index (χ0n) is 15.6. The normalized spacial score (nSPS) is 11.6. The first-order chi connectivity index (χ1) is 11.8. The van der Waals surface area contributed by atoms with Crippen LogP contribution in [0.2, 0.25) is 0 Å². The number of aromatic hydroxyl groups is 1. The molecule has 0 amide bonds. The van der Waals surface area contributed by atoms with Crippen molar-refractivity contribution in [1.29, 1.82) is 0 Å². The van der Waals surface area contributed by atoms with Gasteiger partial charge in [0.05, 0.1) is 0 Å². The van der Waals surface area contributed by atoms with Gasteiger partial charge in [0.2, 0.25) is 5.76 Å². The Morgan fingerprint density at radius 2 is 1.88 bits per heavy atom. The van der Waals surface area contributed by atoms with Crippen molar-refractivity contribution in [3.63, 3.8) is 0 Å². The van der Waals surface area contributed by atoms with E-state index < -0.39 is 5.97 Å². The second-order valence-electron chi connectivity index (χ2n) is 6.64. The van der Waals surface area contributed by atoms with Crippen LogP contribution in [0.3, 0.4) is 0 Å². The number of rotatable bonds is 6. The molecular formula is C21H26O4. The molecule has 0 bridgehead atoms. The predicted octanol–water partition coefficient (Wildman–Crippen LogP) is 5.60. The topological polar surface area (TPSA) is 59.7 Å². The van der Waals surface area contributed by atoms with Crippen molar-refractivity contribution >= 4 is 16.9 Å². The van der Waals surface area contributed by atoms with E-state index in [0.717, 1.165) is 24.0 Å². The summed E-state index contributed by atoms with van der Waals surface area (Å²) >= 11 is 0. The highest BCUT2D eigenvalue weighted by atomic mass is 16.5. The molecular weight excluding hydrogens is 316 g/mol. The van der Waals surface area contributed by atoms with Crippen molar-refractivity contribution in [3.8, 4) is 5.75 Å². The Morgan fingerprint density at radius 3 is 2.56 bits per heavy atom. The summed E-state index contributed by atoms with van der Waals surface area (Å²) in [6.45, 7) is 10.1. The summed E-state index contributed by atoms with van der Waals surface area (Å²) in [5.74, 6) is -0.152. The molecule has 1 aromatic heterocycles. The average Bonchev–Trinajstić information content (AvgIpc) is 2.96. The van der Waals surface area contributed by atoms with Crippen molar-refractivity contribution in [2.24, 2.45) is 0 Å². The van der Waals surface area contributed by atoms with Gasteiger partial charge in [0.25, 0.3) is 0 Å². The number of allylic oxidation sites excluding steroid dienone is 3. The van der Waals surface area contributed by atoms with Crippen LogP contribution in [0.4, 0.5) is 0 Å². The monoisotopic (exact) mass is 342 g/mol. The summed E-state index contributed by atoms with van der Waals surface area (Å²) in [5.41, 5.74) is 4.67. The fraction of sp³-hybridized carbons (Fsp3) is 0.381.